The van der Waals surface area contributed by atoms with Crippen LogP contribution in [0.1, 0.15) is 18.4 Å². The van der Waals surface area contributed by atoms with Crippen LogP contribution in [0, 0.1) is 11.8 Å². The van der Waals surface area contributed by atoms with Crippen molar-refractivity contribution in [3.8, 4) is 0 Å². The van der Waals surface area contributed by atoms with Crippen LogP contribution >= 0.6 is 11.6 Å². The van der Waals surface area contributed by atoms with E-state index in [0.29, 0.717) is 18.5 Å². The molecule has 1 amide bonds. The Morgan fingerprint density at radius 3 is 2.77 bits per heavy atom. The normalized spacial score (nSPS) is 15.9. The van der Waals surface area contributed by atoms with E-state index in [9.17, 15) is 13.6 Å². The van der Waals surface area contributed by atoms with E-state index in [1.165, 1.54) is 36.7 Å². The summed E-state index contributed by atoms with van der Waals surface area (Å²) in [6.45, 7) is 0. The summed E-state index contributed by atoms with van der Waals surface area (Å²) < 4.78 is 27.1. The maximum absolute atomic E-state index is 14.1. The minimum absolute atomic E-state index is 0.0655. The zero-order valence-electron chi connectivity index (χ0n) is 13.6. The topological polar surface area (TPSA) is 82.0 Å². The van der Waals surface area contributed by atoms with Gasteiger partial charge in [0.2, 0.25) is 5.95 Å². The first kappa shape index (κ1) is 18.0. The van der Waals surface area contributed by atoms with Crippen LogP contribution in [-0.4, -0.2) is 16.7 Å². The molecule has 1 aromatic carbocycles. The largest absolute Gasteiger partial charge is 0.361 e. The van der Waals surface area contributed by atoms with Crippen molar-refractivity contribution in [2.45, 2.75) is 18.3 Å². The van der Waals surface area contributed by atoms with Crippen molar-refractivity contribution in [2.24, 2.45) is 5.73 Å². The van der Waals surface area contributed by atoms with Crippen LogP contribution in [0.3, 0.4) is 0 Å². The van der Waals surface area contributed by atoms with Crippen molar-refractivity contribution in [2.75, 3.05) is 5.32 Å². The van der Waals surface area contributed by atoms with Gasteiger partial charge in [-0.25, -0.2) is 19.2 Å². The zero-order valence-corrected chi connectivity index (χ0v) is 14.4. The van der Waals surface area contributed by atoms with E-state index in [1.54, 1.807) is 12.1 Å². The van der Waals surface area contributed by atoms with Gasteiger partial charge in [0.15, 0.2) is 0 Å². The minimum Gasteiger partial charge on any atom is -0.361 e. The number of amides is 1. The SMILES string of the molecule is NC(/C=C\Nc1ccnc(F)c1)=[NH+]C(=O)C1(c2c(F)cccc2Cl)CC1. The highest BCUT2D eigenvalue weighted by atomic mass is 35.5. The monoisotopic (exact) mass is 377 g/mol. The molecule has 0 spiro atoms. The number of pyridine rings is 1. The lowest BCUT2D eigenvalue weighted by atomic mass is 9.94. The summed E-state index contributed by atoms with van der Waals surface area (Å²) in [4.78, 5) is 18.6. The first-order chi connectivity index (χ1) is 12.4. The van der Waals surface area contributed by atoms with E-state index in [0.717, 1.165) is 0 Å². The van der Waals surface area contributed by atoms with Gasteiger partial charge < -0.3 is 5.32 Å². The zero-order chi connectivity index (χ0) is 18.7. The van der Waals surface area contributed by atoms with E-state index >= 15 is 0 Å². The van der Waals surface area contributed by atoms with Crippen molar-refractivity contribution < 1.29 is 18.6 Å². The molecule has 0 bridgehead atoms. The molecule has 26 heavy (non-hydrogen) atoms. The number of nitrogens with one attached hydrogen (secondary N) is 2. The fourth-order valence-electron chi connectivity index (χ4n) is 2.68. The summed E-state index contributed by atoms with van der Waals surface area (Å²) in [6.07, 6.45) is 5.15. The second kappa shape index (κ2) is 7.21. The standard InChI is InChI=1S/C18H15ClF2N4O/c19-12-2-1-3-13(20)16(12)18(6-7-18)17(26)25-15(22)5-9-23-11-4-8-24-14(21)10-11/h1-5,8-10H,6-7H2,(H,23,24)(H2,22,25,26)/p+1/b9-5-. The fourth-order valence-corrected chi connectivity index (χ4v) is 3.03. The Morgan fingerprint density at radius 2 is 2.12 bits per heavy atom. The average molecular weight is 378 g/mol. The summed E-state index contributed by atoms with van der Waals surface area (Å²) in [6, 6.07) is 7.10. The highest BCUT2D eigenvalue weighted by molar-refractivity contribution is 6.31. The van der Waals surface area contributed by atoms with E-state index in [2.05, 4.69) is 15.3 Å². The number of hydrogen-bond acceptors (Lipinski definition) is 3. The lowest BCUT2D eigenvalue weighted by molar-refractivity contribution is -0.381. The molecule has 2 aromatic rings. The molecule has 0 aliphatic heterocycles. The lowest BCUT2D eigenvalue weighted by Gasteiger charge is -2.12. The highest BCUT2D eigenvalue weighted by Gasteiger charge is 2.55. The second-order valence-corrected chi connectivity index (χ2v) is 6.34. The van der Waals surface area contributed by atoms with Crippen LogP contribution in [0.4, 0.5) is 14.5 Å². The molecule has 3 rings (SSSR count). The van der Waals surface area contributed by atoms with E-state index < -0.39 is 23.1 Å². The number of nitrogens with two attached hydrogens (primary N) is 1. The van der Waals surface area contributed by atoms with Crippen LogP contribution < -0.4 is 16.0 Å². The third-order valence-corrected chi connectivity index (χ3v) is 4.44. The maximum Gasteiger partial charge on any atom is 0.318 e. The Balaban J connectivity index is 1.73. The molecule has 8 heteroatoms. The van der Waals surface area contributed by atoms with Gasteiger partial charge in [-0.15, -0.1) is 0 Å². The molecule has 134 valence electrons. The number of carbonyl (C=O) groups excluding carboxylic acids is 1. The van der Waals surface area contributed by atoms with Crippen molar-refractivity contribution in [1.29, 1.82) is 0 Å². The Labute approximate surface area is 153 Å². The molecule has 1 aromatic heterocycles. The molecule has 0 unspecified atom stereocenters. The predicted molar refractivity (Wildman–Crippen MR) is 94.4 cm³/mol. The molecule has 0 saturated heterocycles. The van der Waals surface area contributed by atoms with Gasteiger partial charge in [0.05, 0.1) is 0 Å². The van der Waals surface area contributed by atoms with Crippen LogP contribution in [0.25, 0.3) is 0 Å². The molecule has 0 radical (unpaired) electrons. The van der Waals surface area contributed by atoms with Crippen molar-refractivity contribution >= 4 is 29.0 Å². The molecule has 1 fully saturated rings. The molecule has 1 saturated carbocycles. The van der Waals surface area contributed by atoms with E-state index in [4.69, 9.17) is 17.3 Å². The number of halogens is 3. The molecule has 5 nitrogen and oxygen atoms in total. The van der Waals surface area contributed by atoms with Crippen LogP contribution in [0.15, 0.2) is 48.8 Å². The Bertz CT molecular complexity index is 890. The van der Waals surface area contributed by atoms with Crippen LogP contribution in [0.5, 0.6) is 0 Å². The van der Waals surface area contributed by atoms with Gasteiger partial charge in [0.25, 0.3) is 5.84 Å². The van der Waals surface area contributed by atoms with Gasteiger partial charge in [-0.2, -0.15) is 4.39 Å². The smallest absolute Gasteiger partial charge is 0.318 e. The number of carbonyl (C=O) groups is 1. The number of aromatic nitrogens is 1. The number of benzene rings is 1. The molecule has 1 heterocycles. The van der Waals surface area contributed by atoms with Gasteiger partial charge in [-0.1, -0.05) is 17.7 Å². The molecule has 1 aliphatic carbocycles. The fraction of sp³-hybridized carbons (Fsp3) is 0.167. The lowest BCUT2D eigenvalue weighted by Crippen LogP contribution is -2.82. The van der Waals surface area contributed by atoms with Gasteiger partial charge in [-0.3, -0.25) is 5.73 Å². The third kappa shape index (κ3) is 3.72. The van der Waals surface area contributed by atoms with Crippen molar-refractivity contribution in [1.82, 2.24) is 4.98 Å². The quantitative estimate of drug-likeness (QED) is 0.420. The maximum atomic E-state index is 14.1. The number of nitrogens with zero attached hydrogens (tertiary/aromatic N) is 1. The molecule has 0 atom stereocenters. The summed E-state index contributed by atoms with van der Waals surface area (Å²) in [5, 5.41) is 3.02. The molecular formula is C18H16ClF2N4O+. The minimum atomic E-state index is -0.997. The average Bonchev–Trinajstić information content (AvgIpc) is 3.36. The van der Waals surface area contributed by atoms with Gasteiger partial charge in [0.1, 0.15) is 11.2 Å². The summed E-state index contributed by atoms with van der Waals surface area (Å²) >= 11 is 6.08. The number of amidine groups is 1. The molecule has 4 N–H and O–H groups in total. The number of anilines is 1. The van der Waals surface area contributed by atoms with Crippen LogP contribution in [0.2, 0.25) is 5.02 Å². The second-order valence-electron chi connectivity index (χ2n) is 5.93. The summed E-state index contributed by atoms with van der Waals surface area (Å²) in [5.74, 6) is -1.48. The van der Waals surface area contributed by atoms with Gasteiger partial charge >= 0.3 is 5.91 Å². The first-order valence-corrected chi connectivity index (χ1v) is 8.23. The van der Waals surface area contributed by atoms with E-state index in [-0.39, 0.29) is 16.4 Å². The van der Waals surface area contributed by atoms with E-state index in [1.807, 2.05) is 0 Å². The Kier molecular flexibility index (Phi) is 4.99. The number of rotatable bonds is 5. The molecular weight excluding hydrogens is 362 g/mol. The van der Waals surface area contributed by atoms with Gasteiger partial charge in [-0.05, 0) is 31.0 Å². The van der Waals surface area contributed by atoms with Crippen molar-refractivity contribution in [3.63, 3.8) is 0 Å². The van der Waals surface area contributed by atoms with Crippen molar-refractivity contribution in [3.05, 3.63) is 71.2 Å². The Morgan fingerprint density at radius 1 is 1.35 bits per heavy atom. The predicted octanol–water partition coefficient (Wildman–Crippen LogP) is 1.64. The summed E-state index contributed by atoms with van der Waals surface area (Å²) in [7, 11) is 0. The molecule has 1 aliphatic rings. The third-order valence-electron chi connectivity index (χ3n) is 4.12. The van der Waals surface area contributed by atoms with Gasteiger partial charge in [0, 0.05) is 40.8 Å². The van der Waals surface area contributed by atoms with Crippen LogP contribution in [-0.2, 0) is 10.2 Å². The Hall–Kier alpha value is -2.80. The first-order valence-electron chi connectivity index (χ1n) is 7.85. The summed E-state index contributed by atoms with van der Waals surface area (Å²) in [5.41, 5.74) is 5.47. The number of hydrogen-bond donors (Lipinski definition) is 3. The highest BCUT2D eigenvalue weighted by Crippen LogP contribution is 2.50.